The number of hydrogen-bond acceptors (Lipinski definition) is 4. The fourth-order valence-electron chi connectivity index (χ4n) is 2.99. The molecule has 2 aromatic carbocycles. The summed E-state index contributed by atoms with van der Waals surface area (Å²) in [5.74, 6) is -1.52. The Balaban J connectivity index is 1.66. The fraction of sp³-hybridized carbons (Fsp3) is 0.300. The third-order valence-corrected chi connectivity index (χ3v) is 4.37. The smallest absolute Gasteiger partial charge is 0.265 e. The van der Waals surface area contributed by atoms with Crippen molar-refractivity contribution in [3.05, 3.63) is 53.6 Å². The summed E-state index contributed by atoms with van der Waals surface area (Å²) in [6, 6.07) is 10.5. The highest BCUT2D eigenvalue weighted by atomic mass is 19.1. The topological polar surface area (TPSA) is 65.4 Å². The van der Waals surface area contributed by atoms with Crippen LogP contribution in [0.1, 0.15) is 25.3 Å². The number of hydrogen-bond donors (Lipinski definition) is 1. The van der Waals surface area contributed by atoms with Crippen LogP contribution in [0.5, 0.6) is 5.75 Å². The lowest BCUT2D eigenvalue weighted by atomic mass is 10.2. The maximum absolute atomic E-state index is 14.3. The molecule has 1 atom stereocenters. The normalized spacial score (nSPS) is 14.5. The quantitative estimate of drug-likeness (QED) is 0.867. The second-order valence-electron chi connectivity index (χ2n) is 6.37. The maximum Gasteiger partial charge on any atom is 0.265 e. The summed E-state index contributed by atoms with van der Waals surface area (Å²) >= 11 is 0. The van der Waals surface area contributed by atoms with Gasteiger partial charge in [-0.25, -0.2) is 8.78 Å². The Bertz CT molecular complexity index is 849. The molecule has 1 heterocycles. The lowest BCUT2D eigenvalue weighted by molar-refractivity contribution is -0.122. The number of ether oxygens (including phenoxy) is 1. The molecule has 5 nitrogen and oxygen atoms in total. The van der Waals surface area contributed by atoms with Gasteiger partial charge in [-0.05, 0) is 56.2 Å². The predicted molar refractivity (Wildman–Crippen MR) is 97.7 cm³/mol. The minimum atomic E-state index is -0.887. The van der Waals surface area contributed by atoms with Crippen LogP contribution in [-0.2, 0) is 4.79 Å². The predicted octanol–water partition coefficient (Wildman–Crippen LogP) is 3.84. The molecule has 0 radical (unpaired) electrons. The van der Waals surface area contributed by atoms with Gasteiger partial charge in [-0.2, -0.15) is 5.26 Å². The average molecular weight is 371 g/mol. The van der Waals surface area contributed by atoms with Crippen molar-refractivity contribution < 1.29 is 18.3 Å². The van der Waals surface area contributed by atoms with E-state index in [1.807, 2.05) is 6.07 Å². The van der Waals surface area contributed by atoms with Crippen molar-refractivity contribution in [2.45, 2.75) is 25.9 Å². The SMILES string of the molecule is CC(Oc1ccc(C#N)cc1)C(=O)Nc1cc(F)c(N2CCCC2)c(F)c1. The van der Waals surface area contributed by atoms with E-state index in [9.17, 15) is 13.6 Å². The number of nitrogens with zero attached hydrogens (tertiary/aromatic N) is 2. The van der Waals surface area contributed by atoms with Gasteiger partial charge in [-0.15, -0.1) is 0 Å². The molecule has 0 aromatic heterocycles. The van der Waals surface area contributed by atoms with E-state index in [1.54, 1.807) is 29.2 Å². The molecule has 0 bridgehead atoms. The monoisotopic (exact) mass is 371 g/mol. The number of carbonyl (C=O) groups excluding carboxylic acids is 1. The Morgan fingerprint density at radius 1 is 1.19 bits per heavy atom. The molecular formula is C20H19F2N3O2. The molecule has 1 aliphatic rings. The minimum absolute atomic E-state index is 0.0354. The lowest BCUT2D eigenvalue weighted by Crippen LogP contribution is -2.30. The second kappa shape index (κ2) is 8.04. The Kier molecular flexibility index (Phi) is 5.55. The van der Waals surface area contributed by atoms with Gasteiger partial charge in [0.2, 0.25) is 0 Å². The molecule has 1 aliphatic heterocycles. The first-order chi connectivity index (χ1) is 13.0. The fourth-order valence-corrected chi connectivity index (χ4v) is 2.99. The van der Waals surface area contributed by atoms with E-state index in [2.05, 4.69) is 5.32 Å². The number of carbonyl (C=O) groups is 1. The molecule has 0 spiro atoms. The highest BCUT2D eigenvalue weighted by Crippen LogP contribution is 2.29. The van der Waals surface area contributed by atoms with Crippen molar-refractivity contribution in [1.29, 1.82) is 5.26 Å². The van der Waals surface area contributed by atoms with Gasteiger partial charge in [0, 0.05) is 18.8 Å². The number of rotatable bonds is 5. The lowest BCUT2D eigenvalue weighted by Gasteiger charge is -2.20. The Hall–Kier alpha value is -3.14. The standard InChI is InChI=1S/C20H19F2N3O2/c1-13(27-16-6-4-14(12-23)5-7-16)20(26)24-15-10-17(21)19(18(22)11-15)25-8-2-3-9-25/h4-7,10-11,13H,2-3,8-9H2,1H3,(H,24,26). The molecule has 1 N–H and O–H groups in total. The number of anilines is 2. The first-order valence-corrected chi connectivity index (χ1v) is 8.69. The van der Waals surface area contributed by atoms with Crippen LogP contribution in [0.2, 0.25) is 0 Å². The van der Waals surface area contributed by atoms with Crippen LogP contribution in [0.15, 0.2) is 36.4 Å². The summed E-state index contributed by atoms with van der Waals surface area (Å²) in [5.41, 5.74) is 0.462. The Morgan fingerprint density at radius 2 is 1.78 bits per heavy atom. The number of halogens is 2. The van der Waals surface area contributed by atoms with Crippen LogP contribution in [-0.4, -0.2) is 25.1 Å². The summed E-state index contributed by atoms with van der Waals surface area (Å²) < 4.78 is 34.2. The van der Waals surface area contributed by atoms with Gasteiger partial charge >= 0.3 is 0 Å². The molecule has 3 rings (SSSR count). The van der Waals surface area contributed by atoms with E-state index in [-0.39, 0.29) is 11.4 Å². The first-order valence-electron chi connectivity index (χ1n) is 8.69. The largest absolute Gasteiger partial charge is 0.481 e. The zero-order chi connectivity index (χ0) is 19.4. The highest BCUT2D eigenvalue weighted by molar-refractivity contribution is 5.94. The van der Waals surface area contributed by atoms with Crippen molar-refractivity contribution >= 4 is 17.3 Å². The van der Waals surface area contributed by atoms with Crippen molar-refractivity contribution in [3.63, 3.8) is 0 Å². The van der Waals surface area contributed by atoms with Crippen LogP contribution in [0.25, 0.3) is 0 Å². The van der Waals surface area contributed by atoms with Crippen molar-refractivity contribution in [2.24, 2.45) is 0 Å². The number of nitrogens with one attached hydrogen (secondary N) is 1. The van der Waals surface area contributed by atoms with Gasteiger partial charge < -0.3 is 15.0 Å². The molecule has 2 aromatic rings. The zero-order valence-electron chi connectivity index (χ0n) is 14.8. The van der Waals surface area contributed by atoms with Gasteiger partial charge in [-0.3, -0.25) is 4.79 Å². The molecule has 0 aliphatic carbocycles. The molecular weight excluding hydrogens is 352 g/mol. The Morgan fingerprint density at radius 3 is 2.33 bits per heavy atom. The third kappa shape index (κ3) is 4.34. The number of benzene rings is 2. The van der Waals surface area contributed by atoms with E-state index >= 15 is 0 Å². The van der Waals surface area contributed by atoms with Crippen molar-refractivity contribution in [2.75, 3.05) is 23.3 Å². The summed E-state index contributed by atoms with van der Waals surface area (Å²) in [5, 5.41) is 11.2. The van der Waals surface area contributed by atoms with Crippen LogP contribution >= 0.6 is 0 Å². The van der Waals surface area contributed by atoms with Gasteiger partial charge in [0.25, 0.3) is 5.91 Å². The van der Waals surface area contributed by atoms with Gasteiger partial charge in [-0.1, -0.05) is 0 Å². The molecule has 0 saturated carbocycles. The van der Waals surface area contributed by atoms with E-state index in [0.29, 0.717) is 24.4 Å². The summed E-state index contributed by atoms with van der Waals surface area (Å²) in [6.45, 7) is 2.77. The van der Waals surface area contributed by atoms with Crippen molar-refractivity contribution in [3.8, 4) is 11.8 Å². The summed E-state index contributed by atoms with van der Waals surface area (Å²) in [7, 11) is 0. The van der Waals surface area contributed by atoms with Gasteiger partial charge in [0.05, 0.1) is 11.6 Å². The molecule has 27 heavy (non-hydrogen) atoms. The van der Waals surface area contributed by atoms with Crippen LogP contribution in [0, 0.1) is 23.0 Å². The van der Waals surface area contributed by atoms with E-state index in [4.69, 9.17) is 10.00 Å². The van der Waals surface area contributed by atoms with E-state index in [1.165, 1.54) is 6.92 Å². The third-order valence-electron chi connectivity index (χ3n) is 4.37. The molecule has 1 fully saturated rings. The highest BCUT2D eigenvalue weighted by Gasteiger charge is 2.22. The second-order valence-corrected chi connectivity index (χ2v) is 6.37. The molecule has 1 amide bonds. The minimum Gasteiger partial charge on any atom is -0.481 e. The van der Waals surface area contributed by atoms with Crippen LogP contribution in [0.3, 0.4) is 0 Å². The molecule has 1 saturated heterocycles. The van der Waals surface area contributed by atoms with Crippen LogP contribution < -0.4 is 15.0 Å². The summed E-state index contributed by atoms with van der Waals surface area (Å²) in [6.07, 6.45) is 0.922. The molecule has 7 heteroatoms. The van der Waals surface area contributed by atoms with Gasteiger partial charge in [0.15, 0.2) is 17.7 Å². The number of amides is 1. The van der Waals surface area contributed by atoms with Crippen LogP contribution in [0.4, 0.5) is 20.2 Å². The molecule has 140 valence electrons. The van der Waals surface area contributed by atoms with E-state index < -0.39 is 23.6 Å². The van der Waals surface area contributed by atoms with E-state index in [0.717, 1.165) is 25.0 Å². The maximum atomic E-state index is 14.3. The number of nitriles is 1. The van der Waals surface area contributed by atoms with Crippen molar-refractivity contribution in [1.82, 2.24) is 0 Å². The summed E-state index contributed by atoms with van der Waals surface area (Å²) in [4.78, 5) is 13.9. The van der Waals surface area contributed by atoms with Gasteiger partial charge in [0.1, 0.15) is 11.4 Å². The Labute approximate surface area is 156 Å². The first kappa shape index (κ1) is 18.6. The molecule has 1 unspecified atom stereocenters. The zero-order valence-corrected chi connectivity index (χ0v) is 14.8. The average Bonchev–Trinajstić information content (AvgIpc) is 3.16.